The van der Waals surface area contributed by atoms with Gasteiger partial charge in [0, 0.05) is 24.7 Å². The summed E-state index contributed by atoms with van der Waals surface area (Å²) < 4.78 is 0. The van der Waals surface area contributed by atoms with Crippen LogP contribution in [0.3, 0.4) is 0 Å². The highest BCUT2D eigenvalue weighted by Gasteiger charge is 2.34. The van der Waals surface area contributed by atoms with Crippen molar-refractivity contribution >= 4 is 0 Å². The summed E-state index contributed by atoms with van der Waals surface area (Å²) in [5.41, 5.74) is 0. The lowest BCUT2D eigenvalue weighted by atomic mass is 9.77. The molecule has 1 aliphatic heterocycles. The first-order valence-corrected chi connectivity index (χ1v) is 7.87. The fourth-order valence-electron chi connectivity index (χ4n) is 3.74. The average molecular weight is 236 g/mol. The predicted molar refractivity (Wildman–Crippen MR) is 72.2 cm³/mol. The first-order chi connectivity index (χ1) is 8.36. The minimum atomic E-state index is 0.797. The Morgan fingerprint density at radius 3 is 2.47 bits per heavy atom. The molecule has 2 heteroatoms. The van der Waals surface area contributed by atoms with Crippen LogP contribution in [0.15, 0.2) is 0 Å². The monoisotopic (exact) mass is 236 g/mol. The summed E-state index contributed by atoms with van der Waals surface area (Å²) in [6.07, 6.45) is 11.5. The molecule has 0 bridgehead atoms. The Bertz CT molecular complexity index is 245. The summed E-state index contributed by atoms with van der Waals surface area (Å²) in [7, 11) is 0. The van der Waals surface area contributed by atoms with Crippen molar-refractivity contribution in [2.75, 3.05) is 13.1 Å². The van der Waals surface area contributed by atoms with E-state index >= 15 is 0 Å². The minimum absolute atomic E-state index is 0.797. The molecular formula is C15H28N2. The van der Waals surface area contributed by atoms with E-state index in [4.69, 9.17) is 0 Å². The molecule has 2 atom stereocenters. The lowest BCUT2D eigenvalue weighted by Gasteiger charge is -2.44. The van der Waals surface area contributed by atoms with E-state index in [-0.39, 0.29) is 0 Å². The molecular weight excluding hydrogens is 208 g/mol. The van der Waals surface area contributed by atoms with E-state index in [0.717, 1.165) is 24.0 Å². The molecule has 0 aromatic heterocycles. The van der Waals surface area contributed by atoms with Gasteiger partial charge in [-0.05, 0) is 57.4 Å². The third-order valence-corrected chi connectivity index (χ3v) is 5.08. The first kappa shape index (κ1) is 12.0. The van der Waals surface area contributed by atoms with Gasteiger partial charge in [0.25, 0.3) is 0 Å². The number of nitrogens with one attached hydrogen (secondary N) is 1. The van der Waals surface area contributed by atoms with Gasteiger partial charge in [0.2, 0.25) is 0 Å². The lowest BCUT2D eigenvalue weighted by Crippen LogP contribution is -2.52. The number of nitrogens with zero attached hydrogens (tertiary/aromatic N) is 1. The van der Waals surface area contributed by atoms with Gasteiger partial charge in [-0.3, -0.25) is 4.90 Å². The normalized spacial score (nSPS) is 33.4. The lowest BCUT2D eigenvalue weighted by molar-refractivity contribution is 0.0625. The summed E-state index contributed by atoms with van der Waals surface area (Å²) in [4.78, 5) is 2.81. The highest BCUT2D eigenvalue weighted by Crippen LogP contribution is 2.35. The van der Waals surface area contributed by atoms with Gasteiger partial charge in [0.05, 0.1) is 0 Å². The maximum absolute atomic E-state index is 3.84. The van der Waals surface area contributed by atoms with E-state index in [0.29, 0.717) is 0 Å². The molecule has 0 amide bonds. The van der Waals surface area contributed by atoms with Crippen LogP contribution in [0.4, 0.5) is 0 Å². The van der Waals surface area contributed by atoms with E-state index in [9.17, 15) is 0 Å². The molecule has 2 saturated carbocycles. The molecule has 0 aromatic carbocycles. The average Bonchev–Trinajstić information content (AvgIpc) is 3.07. The van der Waals surface area contributed by atoms with E-state index < -0.39 is 0 Å². The van der Waals surface area contributed by atoms with Gasteiger partial charge in [0.1, 0.15) is 0 Å². The summed E-state index contributed by atoms with van der Waals surface area (Å²) in [6.45, 7) is 5.07. The fourth-order valence-corrected chi connectivity index (χ4v) is 3.74. The van der Waals surface area contributed by atoms with Crippen LogP contribution in [0.1, 0.15) is 58.3 Å². The molecule has 3 aliphatic rings. The topological polar surface area (TPSA) is 15.3 Å². The first-order valence-electron chi connectivity index (χ1n) is 7.87. The van der Waals surface area contributed by atoms with Crippen LogP contribution in [0.25, 0.3) is 0 Å². The number of likely N-dealkylation sites (tertiary alicyclic amines) is 1. The zero-order valence-corrected chi connectivity index (χ0v) is 11.3. The Balaban J connectivity index is 1.53. The van der Waals surface area contributed by atoms with Crippen LogP contribution in [-0.2, 0) is 0 Å². The Hall–Kier alpha value is -0.0800. The molecule has 1 N–H and O–H groups in total. The van der Waals surface area contributed by atoms with Crippen LogP contribution in [-0.4, -0.2) is 36.1 Å². The standard InChI is InChI=1S/C15H28N2/c1-2-15(12-5-3-6-12)17-10-4-7-14(11-17)16-13-8-9-13/h12-16H,2-11H2,1H3. The summed E-state index contributed by atoms with van der Waals surface area (Å²) >= 11 is 0. The van der Waals surface area contributed by atoms with Gasteiger partial charge in [-0.1, -0.05) is 13.3 Å². The molecule has 0 spiro atoms. The van der Waals surface area contributed by atoms with Crippen molar-refractivity contribution in [3.63, 3.8) is 0 Å². The second kappa shape index (κ2) is 5.27. The van der Waals surface area contributed by atoms with Crippen molar-refractivity contribution < 1.29 is 0 Å². The van der Waals surface area contributed by atoms with Crippen LogP contribution >= 0.6 is 0 Å². The molecule has 1 saturated heterocycles. The molecule has 0 radical (unpaired) electrons. The molecule has 2 aliphatic carbocycles. The number of hydrogen-bond acceptors (Lipinski definition) is 2. The van der Waals surface area contributed by atoms with Crippen LogP contribution in [0.5, 0.6) is 0 Å². The minimum Gasteiger partial charge on any atom is -0.310 e. The zero-order valence-electron chi connectivity index (χ0n) is 11.3. The van der Waals surface area contributed by atoms with Crippen molar-refractivity contribution in [3.8, 4) is 0 Å². The molecule has 2 unspecified atom stereocenters. The second-order valence-electron chi connectivity index (χ2n) is 6.44. The van der Waals surface area contributed by atoms with Gasteiger partial charge in [-0.15, -0.1) is 0 Å². The highest BCUT2D eigenvalue weighted by atomic mass is 15.2. The third kappa shape index (κ3) is 2.85. The molecule has 3 rings (SSSR count). The zero-order chi connectivity index (χ0) is 11.7. The second-order valence-corrected chi connectivity index (χ2v) is 6.44. The van der Waals surface area contributed by atoms with E-state index in [1.807, 2.05) is 0 Å². The third-order valence-electron chi connectivity index (χ3n) is 5.08. The fraction of sp³-hybridized carbons (Fsp3) is 1.00. The van der Waals surface area contributed by atoms with Crippen LogP contribution < -0.4 is 5.32 Å². The van der Waals surface area contributed by atoms with Gasteiger partial charge in [-0.2, -0.15) is 0 Å². The molecule has 3 fully saturated rings. The van der Waals surface area contributed by atoms with Crippen molar-refractivity contribution in [2.24, 2.45) is 5.92 Å². The predicted octanol–water partition coefficient (Wildman–Crippen LogP) is 2.78. The van der Waals surface area contributed by atoms with Gasteiger partial charge in [0.15, 0.2) is 0 Å². The highest BCUT2D eigenvalue weighted by molar-refractivity contribution is 4.91. The molecule has 2 nitrogen and oxygen atoms in total. The van der Waals surface area contributed by atoms with Crippen molar-refractivity contribution in [1.29, 1.82) is 0 Å². The summed E-state index contributed by atoms with van der Waals surface area (Å²) in [5.74, 6) is 1.03. The number of hydrogen-bond donors (Lipinski definition) is 1. The quantitative estimate of drug-likeness (QED) is 0.789. The van der Waals surface area contributed by atoms with Gasteiger partial charge in [-0.25, -0.2) is 0 Å². The van der Waals surface area contributed by atoms with Crippen LogP contribution in [0.2, 0.25) is 0 Å². The number of piperidine rings is 1. The smallest absolute Gasteiger partial charge is 0.0198 e. The summed E-state index contributed by atoms with van der Waals surface area (Å²) in [5, 5.41) is 3.84. The largest absolute Gasteiger partial charge is 0.310 e. The van der Waals surface area contributed by atoms with E-state index in [1.54, 1.807) is 0 Å². The van der Waals surface area contributed by atoms with Crippen LogP contribution in [0, 0.1) is 5.92 Å². The number of rotatable bonds is 5. The Morgan fingerprint density at radius 2 is 1.88 bits per heavy atom. The Morgan fingerprint density at radius 1 is 1.06 bits per heavy atom. The Labute approximate surface area is 106 Å². The van der Waals surface area contributed by atoms with Crippen molar-refractivity contribution in [3.05, 3.63) is 0 Å². The maximum atomic E-state index is 3.84. The SMILES string of the molecule is CCC(C1CCC1)N1CCCC(NC2CC2)C1. The summed E-state index contributed by atoms with van der Waals surface area (Å²) in [6, 6.07) is 2.57. The van der Waals surface area contributed by atoms with Gasteiger partial charge >= 0.3 is 0 Å². The van der Waals surface area contributed by atoms with E-state index in [1.165, 1.54) is 64.5 Å². The van der Waals surface area contributed by atoms with Crippen molar-refractivity contribution in [1.82, 2.24) is 10.2 Å². The molecule has 1 heterocycles. The molecule has 98 valence electrons. The molecule has 17 heavy (non-hydrogen) atoms. The van der Waals surface area contributed by atoms with Crippen molar-refractivity contribution in [2.45, 2.75) is 76.4 Å². The van der Waals surface area contributed by atoms with Gasteiger partial charge < -0.3 is 5.32 Å². The molecule has 0 aromatic rings. The maximum Gasteiger partial charge on any atom is 0.0198 e. The van der Waals surface area contributed by atoms with E-state index in [2.05, 4.69) is 17.1 Å². The Kier molecular flexibility index (Phi) is 3.72.